The van der Waals surface area contributed by atoms with Crippen molar-refractivity contribution in [2.45, 2.75) is 50.8 Å². The van der Waals surface area contributed by atoms with Crippen LogP contribution < -0.4 is 10.5 Å². The number of fused-ring (bicyclic) bond motifs is 2. The van der Waals surface area contributed by atoms with E-state index in [1.807, 2.05) is 6.07 Å². The van der Waals surface area contributed by atoms with Crippen LogP contribution in [-0.4, -0.2) is 10.7 Å². The molecular weight excluding hydrogens is 260 g/mol. The van der Waals surface area contributed by atoms with E-state index in [4.69, 9.17) is 10.5 Å². The van der Waals surface area contributed by atoms with E-state index < -0.39 is 0 Å². The summed E-state index contributed by atoms with van der Waals surface area (Å²) in [5.41, 5.74) is 10.4. The fourth-order valence-electron chi connectivity index (χ4n) is 3.65. The molecule has 21 heavy (non-hydrogen) atoms. The third-order valence-electron chi connectivity index (χ3n) is 4.74. The zero-order chi connectivity index (χ0) is 14.2. The fourth-order valence-corrected chi connectivity index (χ4v) is 3.65. The van der Waals surface area contributed by atoms with Gasteiger partial charge in [0.2, 0.25) is 0 Å². The highest BCUT2D eigenvalue weighted by Crippen LogP contribution is 2.31. The minimum absolute atomic E-state index is 0.213. The second kappa shape index (κ2) is 5.23. The molecule has 0 amide bonds. The topological polar surface area (TPSA) is 40.2 Å². The average molecular weight is 282 g/mol. The lowest BCUT2D eigenvalue weighted by Gasteiger charge is -2.12. The Morgan fingerprint density at radius 2 is 2.05 bits per heavy atom. The molecule has 2 N–H and O–H groups in total. The predicted molar refractivity (Wildman–Crippen MR) is 83.5 cm³/mol. The maximum Gasteiger partial charge on any atom is 0.123 e. The lowest BCUT2D eigenvalue weighted by atomic mass is 10.1. The van der Waals surface area contributed by atoms with E-state index >= 15 is 0 Å². The molecule has 2 unspecified atom stereocenters. The molecule has 110 valence electrons. The van der Waals surface area contributed by atoms with E-state index in [0.717, 1.165) is 25.1 Å². The Kier molecular flexibility index (Phi) is 3.23. The van der Waals surface area contributed by atoms with Crippen molar-refractivity contribution in [3.05, 3.63) is 53.3 Å². The molecule has 2 atom stereocenters. The SMILES string of the molecule is NC1CCCCc2cn(CC3Cc4ccccc4O3)cc21. The molecule has 1 aliphatic heterocycles. The normalized spacial score (nSPS) is 24.0. The van der Waals surface area contributed by atoms with E-state index in [1.54, 1.807) is 0 Å². The van der Waals surface area contributed by atoms with Crippen LogP contribution in [0.5, 0.6) is 5.75 Å². The zero-order valence-corrected chi connectivity index (χ0v) is 12.3. The summed E-state index contributed by atoms with van der Waals surface area (Å²) in [5.74, 6) is 1.05. The van der Waals surface area contributed by atoms with E-state index in [-0.39, 0.29) is 12.1 Å². The summed E-state index contributed by atoms with van der Waals surface area (Å²) in [6.07, 6.45) is 10.6. The van der Waals surface area contributed by atoms with Gasteiger partial charge in [-0.2, -0.15) is 0 Å². The van der Waals surface area contributed by atoms with Crippen molar-refractivity contribution in [3.8, 4) is 5.75 Å². The summed E-state index contributed by atoms with van der Waals surface area (Å²) in [5, 5.41) is 0. The minimum Gasteiger partial charge on any atom is -0.488 e. The number of ether oxygens (including phenoxy) is 1. The van der Waals surface area contributed by atoms with E-state index in [9.17, 15) is 0 Å². The van der Waals surface area contributed by atoms with Gasteiger partial charge in [0, 0.05) is 24.9 Å². The third kappa shape index (κ3) is 2.46. The number of hydrogen-bond donors (Lipinski definition) is 1. The Morgan fingerprint density at radius 3 is 2.95 bits per heavy atom. The third-order valence-corrected chi connectivity index (χ3v) is 4.74. The Bertz CT molecular complexity index is 621. The largest absolute Gasteiger partial charge is 0.488 e. The second-order valence-electron chi connectivity index (χ2n) is 6.34. The number of hydrogen-bond acceptors (Lipinski definition) is 2. The number of para-hydroxylation sites is 1. The summed E-state index contributed by atoms with van der Waals surface area (Å²) in [6.45, 7) is 0.911. The molecule has 0 fully saturated rings. The molecular formula is C18H22N2O. The van der Waals surface area contributed by atoms with Crippen LogP contribution in [0.25, 0.3) is 0 Å². The number of rotatable bonds is 2. The molecule has 2 aromatic rings. The van der Waals surface area contributed by atoms with Gasteiger partial charge >= 0.3 is 0 Å². The van der Waals surface area contributed by atoms with Crippen LogP contribution in [0.4, 0.5) is 0 Å². The van der Waals surface area contributed by atoms with Gasteiger partial charge in [-0.15, -0.1) is 0 Å². The van der Waals surface area contributed by atoms with E-state index in [1.165, 1.54) is 36.0 Å². The summed E-state index contributed by atoms with van der Waals surface area (Å²) in [6, 6.07) is 8.57. The lowest BCUT2D eigenvalue weighted by Crippen LogP contribution is -2.20. The molecule has 1 aliphatic carbocycles. The highest BCUT2D eigenvalue weighted by Gasteiger charge is 2.24. The van der Waals surface area contributed by atoms with Crippen LogP contribution >= 0.6 is 0 Å². The Labute approximate surface area is 125 Å². The van der Waals surface area contributed by atoms with E-state index in [2.05, 4.69) is 35.2 Å². The first kappa shape index (κ1) is 13.0. The van der Waals surface area contributed by atoms with Gasteiger partial charge in [0.05, 0.1) is 6.54 Å². The van der Waals surface area contributed by atoms with Gasteiger partial charge in [-0.3, -0.25) is 0 Å². The molecule has 1 aromatic heterocycles. The molecule has 4 rings (SSSR count). The van der Waals surface area contributed by atoms with Gasteiger partial charge in [0.1, 0.15) is 11.9 Å². The van der Waals surface area contributed by atoms with Gasteiger partial charge < -0.3 is 15.0 Å². The fraction of sp³-hybridized carbons (Fsp3) is 0.444. The highest BCUT2D eigenvalue weighted by molar-refractivity contribution is 5.37. The van der Waals surface area contributed by atoms with Crippen molar-refractivity contribution >= 4 is 0 Å². The first-order chi connectivity index (χ1) is 10.3. The van der Waals surface area contributed by atoms with Crippen molar-refractivity contribution in [2.75, 3.05) is 0 Å². The van der Waals surface area contributed by atoms with Crippen molar-refractivity contribution < 1.29 is 4.74 Å². The number of nitrogens with two attached hydrogens (primary N) is 1. The molecule has 2 heterocycles. The second-order valence-corrected chi connectivity index (χ2v) is 6.34. The summed E-state index contributed by atoms with van der Waals surface area (Å²) >= 11 is 0. The van der Waals surface area contributed by atoms with Crippen LogP contribution in [0, 0.1) is 0 Å². The molecule has 0 saturated carbocycles. The monoisotopic (exact) mass is 282 g/mol. The number of nitrogens with zero attached hydrogens (tertiary/aromatic N) is 1. The number of benzene rings is 1. The maximum atomic E-state index is 6.29. The molecule has 0 bridgehead atoms. The molecule has 0 radical (unpaired) electrons. The molecule has 3 nitrogen and oxygen atoms in total. The van der Waals surface area contributed by atoms with Gasteiger partial charge in [-0.1, -0.05) is 24.6 Å². The predicted octanol–water partition coefficient (Wildman–Crippen LogP) is 3.22. The number of aryl methyl sites for hydroxylation is 1. The Balaban J connectivity index is 1.51. The Hall–Kier alpha value is -1.74. The van der Waals surface area contributed by atoms with Gasteiger partial charge in [-0.25, -0.2) is 0 Å². The minimum atomic E-state index is 0.213. The van der Waals surface area contributed by atoms with Crippen LogP contribution in [0.3, 0.4) is 0 Å². The van der Waals surface area contributed by atoms with Crippen LogP contribution in [0.15, 0.2) is 36.7 Å². The maximum absolute atomic E-state index is 6.29. The molecule has 2 aliphatic rings. The summed E-state index contributed by atoms with van der Waals surface area (Å²) < 4.78 is 8.33. The van der Waals surface area contributed by atoms with Crippen LogP contribution in [-0.2, 0) is 19.4 Å². The smallest absolute Gasteiger partial charge is 0.123 e. The number of aromatic nitrogens is 1. The summed E-state index contributed by atoms with van der Waals surface area (Å²) in [7, 11) is 0. The van der Waals surface area contributed by atoms with E-state index in [0.29, 0.717) is 0 Å². The molecule has 1 aromatic carbocycles. The first-order valence-corrected chi connectivity index (χ1v) is 7.98. The lowest BCUT2D eigenvalue weighted by molar-refractivity contribution is 0.209. The molecule has 0 spiro atoms. The van der Waals surface area contributed by atoms with Crippen LogP contribution in [0.2, 0.25) is 0 Å². The summed E-state index contributed by atoms with van der Waals surface area (Å²) in [4.78, 5) is 0. The van der Waals surface area contributed by atoms with Crippen molar-refractivity contribution in [1.82, 2.24) is 4.57 Å². The van der Waals surface area contributed by atoms with Crippen molar-refractivity contribution in [1.29, 1.82) is 0 Å². The quantitative estimate of drug-likeness (QED) is 0.859. The molecule has 3 heteroatoms. The standard InChI is InChI=1S/C18H22N2O/c19-17-7-3-1-6-14-10-20(12-16(14)17)11-15-9-13-5-2-4-8-18(13)21-15/h2,4-5,8,10,12,15,17H,1,3,6-7,9,11,19H2. The van der Waals surface area contributed by atoms with Gasteiger partial charge in [-0.05, 0) is 42.0 Å². The van der Waals surface area contributed by atoms with Crippen LogP contribution in [0.1, 0.15) is 42.0 Å². The highest BCUT2D eigenvalue weighted by atomic mass is 16.5. The van der Waals surface area contributed by atoms with Gasteiger partial charge in [0.25, 0.3) is 0 Å². The molecule has 0 saturated heterocycles. The average Bonchev–Trinajstić information content (AvgIpc) is 3.02. The van der Waals surface area contributed by atoms with Crippen molar-refractivity contribution in [3.63, 3.8) is 0 Å². The van der Waals surface area contributed by atoms with Gasteiger partial charge in [0.15, 0.2) is 0 Å². The Morgan fingerprint density at radius 1 is 1.14 bits per heavy atom. The first-order valence-electron chi connectivity index (χ1n) is 7.98. The zero-order valence-electron chi connectivity index (χ0n) is 12.3. The van der Waals surface area contributed by atoms with Crippen molar-refractivity contribution in [2.24, 2.45) is 5.73 Å².